The molecular weight excluding hydrogens is 366 g/mol. The molecule has 6 heteroatoms. The monoisotopic (exact) mass is 382 g/mol. The number of rotatable bonds is 5. The van der Waals surface area contributed by atoms with Crippen molar-refractivity contribution in [3.8, 4) is 0 Å². The van der Waals surface area contributed by atoms with Gasteiger partial charge in [-0.05, 0) is 37.6 Å². The lowest BCUT2D eigenvalue weighted by molar-refractivity contribution is -0.115. The molecule has 122 valence electrons. The first-order valence-electron chi connectivity index (χ1n) is 7.11. The fourth-order valence-corrected chi connectivity index (χ4v) is 2.46. The van der Waals surface area contributed by atoms with Crippen molar-refractivity contribution in [2.24, 2.45) is 0 Å². The van der Waals surface area contributed by atoms with Crippen LogP contribution in [0.4, 0.5) is 14.5 Å². The molecule has 23 heavy (non-hydrogen) atoms. The average molecular weight is 383 g/mol. The Hall–Kier alpha value is -1.79. The van der Waals surface area contributed by atoms with Crippen molar-refractivity contribution in [1.82, 2.24) is 5.32 Å². The van der Waals surface area contributed by atoms with E-state index in [1.807, 2.05) is 19.1 Å². The van der Waals surface area contributed by atoms with Crippen molar-refractivity contribution in [3.63, 3.8) is 0 Å². The van der Waals surface area contributed by atoms with Crippen molar-refractivity contribution < 1.29 is 13.6 Å². The molecule has 0 heterocycles. The molecule has 0 aromatic heterocycles. The third-order valence-electron chi connectivity index (χ3n) is 3.45. The second-order valence-electron chi connectivity index (χ2n) is 5.28. The third-order valence-corrected chi connectivity index (χ3v) is 4.31. The van der Waals surface area contributed by atoms with Crippen molar-refractivity contribution >= 4 is 27.5 Å². The molecule has 0 aliphatic heterocycles. The minimum absolute atomic E-state index is 0.0173. The second-order valence-corrected chi connectivity index (χ2v) is 6.13. The van der Waals surface area contributed by atoms with Crippen molar-refractivity contribution in [2.75, 3.05) is 11.9 Å². The summed E-state index contributed by atoms with van der Waals surface area (Å²) < 4.78 is 27.5. The number of nitrogens with one attached hydrogen (secondary N) is 2. The van der Waals surface area contributed by atoms with Gasteiger partial charge in [-0.25, -0.2) is 8.78 Å². The number of carbonyl (C=O) groups excluding carboxylic acids is 1. The van der Waals surface area contributed by atoms with Crippen LogP contribution in [0.25, 0.3) is 0 Å². The first-order valence-corrected chi connectivity index (χ1v) is 7.90. The van der Waals surface area contributed by atoms with Crippen LogP contribution in [0.2, 0.25) is 0 Å². The SMILES string of the molecule is Cc1ccc(NC(=O)CN[C@H](C)c2ccc(F)cc2F)cc1Br. The minimum atomic E-state index is -0.632. The van der Waals surface area contributed by atoms with Crippen LogP contribution in [0.1, 0.15) is 24.1 Å². The van der Waals surface area contributed by atoms with E-state index in [-0.39, 0.29) is 12.5 Å². The van der Waals surface area contributed by atoms with E-state index in [0.29, 0.717) is 11.3 Å². The number of aryl methyl sites for hydroxylation is 1. The maximum atomic E-state index is 13.7. The Morgan fingerprint density at radius 1 is 1.22 bits per heavy atom. The predicted octanol–water partition coefficient (Wildman–Crippen LogP) is 4.33. The molecule has 0 saturated heterocycles. The molecule has 2 rings (SSSR count). The number of halogens is 3. The quantitative estimate of drug-likeness (QED) is 0.807. The molecule has 2 aromatic rings. The van der Waals surface area contributed by atoms with E-state index in [9.17, 15) is 13.6 Å². The smallest absolute Gasteiger partial charge is 0.238 e. The Morgan fingerprint density at radius 3 is 2.61 bits per heavy atom. The van der Waals surface area contributed by atoms with E-state index >= 15 is 0 Å². The number of amides is 1. The summed E-state index contributed by atoms with van der Waals surface area (Å²) in [7, 11) is 0. The number of hydrogen-bond donors (Lipinski definition) is 2. The lowest BCUT2D eigenvalue weighted by atomic mass is 10.1. The standard InChI is InChI=1S/C17H17BrF2N2O/c1-10-3-5-13(8-15(10)18)22-17(23)9-21-11(2)14-6-4-12(19)7-16(14)20/h3-8,11,21H,9H2,1-2H3,(H,22,23)/t11-/m1/s1. The second kappa shape index (κ2) is 7.66. The van der Waals surface area contributed by atoms with Gasteiger partial charge in [-0.1, -0.05) is 28.1 Å². The maximum absolute atomic E-state index is 13.7. The van der Waals surface area contributed by atoms with Crippen LogP contribution < -0.4 is 10.6 Å². The highest BCUT2D eigenvalue weighted by molar-refractivity contribution is 9.10. The molecule has 2 N–H and O–H groups in total. The number of anilines is 1. The molecule has 0 saturated carbocycles. The summed E-state index contributed by atoms with van der Waals surface area (Å²) in [6, 6.07) is 8.50. The summed E-state index contributed by atoms with van der Waals surface area (Å²) in [4.78, 5) is 11.9. The molecule has 0 spiro atoms. The zero-order valence-electron chi connectivity index (χ0n) is 12.8. The Morgan fingerprint density at radius 2 is 1.96 bits per heavy atom. The van der Waals surface area contributed by atoms with Crippen molar-refractivity contribution in [2.45, 2.75) is 19.9 Å². The molecule has 2 aromatic carbocycles. The molecular formula is C17H17BrF2N2O. The molecule has 0 bridgehead atoms. The predicted molar refractivity (Wildman–Crippen MR) is 90.3 cm³/mol. The van der Waals surface area contributed by atoms with E-state index in [1.165, 1.54) is 12.1 Å². The van der Waals surface area contributed by atoms with Crippen LogP contribution in [0.3, 0.4) is 0 Å². The largest absolute Gasteiger partial charge is 0.325 e. The van der Waals surface area contributed by atoms with Gasteiger partial charge in [0.05, 0.1) is 6.54 Å². The van der Waals surface area contributed by atoms with E-state index in [1.54, 1.807) is 13.0 Å². The van der Waals surface area contributed by atoms with Crippen LogP contribution >= 0.6 is 15.9 Å². The Bertz CT molecular complexity index is 722. The maximum Gasteiger partial charge on any atom is 0.238 e. The average Bonchev–Trinajstić information content (AvgIpc) is 2.48. The molecule has 1 amide bonds. The number of benzene rings is 2. The first-order chi connectivity index (χ1) is 10.9. The van der Waals surface area contributed by atoms with Gasteiger partial charge < -0.3 is 10.6 Å². The topological polar surface area (TPSA) is 41.1 Å². The molecule has 0 radical (unpaired) electrons. The van der Waals surface area contributed by atoms with Crippen molar-refractivity contribution in [3.05, 3.63) is 63.6 Å². The van der Waals surface area contributed by atoms with Gasteiger partial charge in [0.1, 0.15) is 11.6 Å². The lowest BCUT2D eigenvalue weighted by Gasteiger charge is -2.15. The van der Waals surface area contributed by atoms with Gasteiger partial charge in [0.25, 0.3) is 0 Å². The minimum Gasteiger partial charge on any atom is -0.325 e. The summed E-state index contributed by atoms with van der Waals surface area (Å²) in [5.41, 5.74) is 2.06. The Balaban J connectivity index is 1.91. The highest BCUT2D eigenvalue weighted by Crippen LogP contribution is 2.21. The summed E-state index contributed by atoms with van der Waals surface area (Å²) >= 11 is 3.40. The molecule has 0 aliphatic rings. The van der Waals surface area contributed by atoms with Gasteiger partial charge in [0.2, 0.25) is 5.91 Å². The fourth-order valence-electron chi connectivity index (χ4n) is 2.08. The molecule has 0 unspecified atom stereocenters. The third kappa shape index (κ3) is 4.84. The first kappa shape index (κ1) is 17.6. The van der Waals surface area contributed by atoms with Gasteiger partial charge in [0, 0.05) is 27.8 Å². The summed E-state index contributed by atoms with van der Waals surface area (Å²) in [6.45, 7) is 3.69. The molecule has 0 aliphatic carbocycles. The zero-order chi connectivity index (χ0) is 17.0. The van der Waals surface area contributed by atoms with E-state index in [0.717, 1.165) is 16.1 Å². The lowest BCUT2D eigenvalue weighted by Crippen LogP contribution is -2.30. The van der Waals surface area contributed by atoms with E-state index in [2.05, 4.69) is 26.6 Å². The number of hydrogen-bond acceptors (Lipinski definition) is 2. The van der Waals surface area contributed by atoms with Gasteiger partial charge in [-0.15, -0.1) is 0 Å². The summed E-state index contributed by atoms with van der Waals surface area (Å²) in [5, 5.41) is 5.67. The van der Waals surface area contributed by atoms with E-state index < -0.39 is 17.7 Å². The number of carbonyl (C=O) groups is 1. The fraction of sp³-hybridized carbons (Fsp3) is 0.235. The highest BCUT2D eigenvalue weighted by Gasteiger charge is 2.13. The summed E-state index contributed by atoms with van der Waals surface area (Å²) in [6.07, 6.45) is 0. The molecule has 0 fully saturated rings. The van der Waals surface area contributed by atoms with Crippen LogP contribution in [0.15, 0.2) is 40.9 Å². The highest BCUT2D eigenvalue weighted by atomic mass is 79.9. The van der Waals surface area contributed by atoms with Crippen molar-refractivity contribution in [1.29, 1.82) is 0 Å². The van der Waals surface area contributed by atoms with Crippen LogP contribution in [-0.4, -0.2) is 12.5 Å². The van der Waals surface area contributed by atoms with Gasteiger partial charge in [0.15, 0.2) is 0 Å². The van der Waals surface area contributed by atoms with E-state index in [4.69, 9.17) is 0 Å². The molecule has 3 nitrogen and oxygen atoms in total. The Kier molecular flexibility index (Phi) is 5.85. The van der Waals surface area contributed by atoms with Gasteiger partial charge in [-0.2, -0.15) is 0 Å². The van der Waals surface area contributed by atoms with Crippen LogP contribution in [0, 0.1) is 18.6 Å². The van der Waals surface area contributed by atoms with Gasteiger partial charge in [-0.3, -0.25) is 4.79 Å². The normalized spacial score (nSPS) is 12.0. The van der Waals surface area contributed by atoms with Gasteiger partial charge >= 0.3 is 0 Å². The zero-order valence-corrected chi connectivity index (χ0v) is 14.4. The molecule has 1 atom stereocenters. The Labute approximate surface area is 142 Å². The summed E-state index contributed by atoms with van der Waals surface area (Å²) in [5.74, 6) is -1.50. The van der Waals surface area contributed by atoms with Crippen LogP contribution in [-0.2, 0) is 4.79 Å². The van der Waals surface area contributed by atoms with Crippen LogP contribution in [0.5, 0.6) is 0 Å².